The summed E-state index contributed by atoms with van der Waals surface area (Å²) in [4.78, 5) is 40.6. The van der Waals surface area contributed by atoms with Crippen molar-refractivity contribution >= 4 is 29.1 Å². The van der Waals surface area contributed by atoms with E-state index in [0.29, 0.717) is 11.1 Å². The maximum atomic E-state index is 13.5. The number of aromatic hydroxyl groups is 1. The van der Waals surface area contributed by atoms with Crippen LogP contribution in [0.3, 0.4) is 0 Å². The fourth-order valence-corrected chi connectivity index (χ4v) is 4.59. The first-order valence-corrected chi connectivity index (χ1v) is 12.4. The first-order valence-electron chi connectivity index (χ1n) is 12.4. The summed E-state index contributed by atoms with van der Waals surface area (Å²) in [6.07, 6.45) is 0. The molecule has 0 aromatic heterocycles. The third-order valence-corrected chi connectivity index (χ3v) is 6.62. The fourth-order valence-electron chi connectivity index (χ4n) is 4.59. The van der Waals surface area contributed by atoms with E-state index in [4.69, 9.17) is 4.74 Å². The number of ketones is 1. The van der Waals surface area contributed by atoms with E-state index in [1.165, 1.54) is 23.1 Å². The molecule has 1 fully saturated rings. The Morgan fingerprint density at radius 2 is 1.71 bits per heavy atom. The Bertz CT molecular complexity index is 1460. The highest BCUT2D eigenvalue weighted by atomic mass is 16.5. The second-order valence-electron chi connectivity index (χ2n) is 10.3. The highest BCUT2D eigenvalue weighted by Gasteiger charge is 2.47. The van der Waals surface area contributed by atoms with Gasteiger partial charge in [-0.1, -0.05) is 51.1 Å². The van der Waals surface area contributed by atoms with Crippen molar-refractivity contribution in [2.24, 2.45) is 0 Å². The van der Waals surface area contributed by atoms with Crippen LogP contribution in [0.15, 0.2) is 72.3 Å². The topological polar surface area (TPSA) is 104 Å². The highest BCUT2D eigenvalue weighted by molar-refractivity contribution is 6.51. The molecular formula is C31H31NO6. The zero-order chi connectivity index (χ0) is 27.8. The van der Waals surface area contributed by atoms with Gasteiger partial charge in [-0.25, -0.2) is 4.79 Å². The van der Waals surface area contributed by atoms with E-state index in [0.717, 1.165) is 11.1 Å². The van der Waals surface area contributed by atoms with Gasteiger partial charge in [0.25, 0.3) is 11.7 Å². The van der Waals surface area contributed by atoms with Crippen molar-refractivity contribution in [3.05, 3.63) is 100 Å². The van der Waals surface area contributed by atoms with Crippen LogP contribution >= 0.6 is 0 Å². The molecule has 1 aliphatic rings. The number of aliphatic hydroxyl groups excluding tert-OH is 1. The third kappa shape index (κ3) is 4.92. The Labute approximate surface area is 222 Å². The maximum absolute atomic E-state index is 13.5. The van der Waals surface area contributed by atoms with Crippen molar-refractivity contribution in [1.29, 1.82) is 0 Å². The van der Waals surface area contributed by atoms with E-state index >= 15 is 0 Å². The zero-order valence-corrected chi connectivity index (χ0v) is 22.1. The molecule has 1 atom stereocenters. The Morgan fingerprint density at radius 3 is 2.37 bits per heavy atom. The number of nitrogens with zero attached hydrogens (tertiary/aromatic N) is 1. The molecular weight excluding hydrogens is 482 g/mol. The molecule has 4 rings (SSSR count). The summed E-state index contributed by atoms with van der Waals surface area (Å²) >= 11 is 0. The van der Waals surface area contributed by atoms with Gasteiger partial charge in [-0.3, -0.25) is 14.5 Å². The molecule has 0 radical (unpaired) electrons. The van der Waals surface area contributed by atoms with Crippen LogP contribution in [0.5, 0.6) is 5.75 Å². The summed E-state index contributed by atoms with van der Waals surface area (Å²) in [5.41, 5.74) is 2.75. The highest BCUT2D eigenvalue weighted by Crippen LogP contribution is 2.43. The fraction of sp³-hybridized carbons (Fsp3) is 0.258. The number of phenolic OH excluding ortho intramolecular Hbond substituents is 1. The molecule has 1 heterocycles. The lowest BCUT2D eigenvalue weighted by molar-refractivity contribution is -0.132. The molecule has 0 spiro atoms. The van der Waals surface area contributed by atoms with Crippen LogP contribution in [-0.4, -0.2) is 34.5 Å². The second-order valence-corrected chi connectivity index (χ2v) is 10.3. The average molecular weight is 514 g/mol. The van der Waals surface area contributed by atoms with Crippen molar-refractivity contribution in [2.75, 3.05) is 11.5 Å². The van der Waals surface area contributed by atoms with Crippen molar-refractivity contribution in [3.63, 3.8) is 0 Å². The molecule has 1 amide bonds. The number of phenols is 1. The summed E-state index contributed by atoms with van der Waals surface area (Å²) in [5, 5.41) is 21.8. The van der Waals surface area contributed by atoms with E-state index in [1.54, 1.807) is 37.3 Å². The van der Waals surface area contributed by atoms with Gasteiger partial charge >= 0.3 is 5.97 Å². The number of hydrogen-bond acceptors (Lipinski definition) is 6. The Balaban J connectivity index is 1.96. The number of carbonyl (C=O) groups excluding carboxylic acids is 3. The van der Waals surface area contributed by atoms with Crippen LogP contribution < -0.4 is 4.90 Å². The van der Waals surface area contributed by atoms with E-state index in [1.807, 2.05) is 45.9 Å². The lowest BCUT2D eigenvalue weighted by Gasteiger charge is -2.26. The lowest BCUT2D eigenvalue weighted by Crippen LogP contribution is -2.29. The van der Waals surface area contributed by atoms with Crippen LogP contribution in [0.25, 0.3) is 5.76 Å². The number of carbonyl (C=O) groups is 3. The summed E-state index contributed by atoms with van der Waals surface area (Å²) in [5.74, 6) is -2.64. The van der Waals surface area contributed by atoms with Crippen LogP contribution in [0.2, 0.25) is 0 Å². The van der Waals surface area contributed by atoms with E-state index < -0.39 is 23.7 Å². The molecule has 1 saturated heterocycles. The number of hydrogen-bond donors (Lipinski definition) is 2. The number of ether oxygens (including phenoxy) is 1. The van der Waals surface area contributed by atoms with Crippen molar-refractivity contribution in [2.45, 2.75) is 46.1 Å². The summed E-state index contributed by atoms with van der Waals surface area (Å²) in [6, 6.07) is 17.1. The summed E-state index contributed by atoms with van der Waals surface area (Å²) in [7, 11) is 0. The quantitative estimate of drug-likeness (QED) is 0.193. The molecule has 2 N–H and O–H groups in total. The SMILES string of the molecule is CCOC(=O)c1cccc(N2C(=O)C(=O)/C(=C(/O)c3cc(C(C)(C)C)ccc3C)C2c2cccc(O)c2)c1. The normalized spacial score (nSPS) is 17.1. The molecule has 0 aliphatic carbocycles. The standard InChI is InChI=1S/C31H31NO6/c1-6-38-30(37)20-10-7-11-22(15-20)32-26(19-9-8-12-23(33)16-19)25(28(35)29(32)36)27(34)24-17-21(31(3,4)5)14-13-18(24)2/h7-17,26,33-34H,6H2,1-5H3/b27-25+. The van der Waals surface area contributed by atoms with Gasteiger partial charge in [0, 0.05) is 11.3 Å². The van der Waals surface area contributed by atoms with Gasteiger partial charge < -0.3 is 14.9 Å². The minimum absolute atomic E-state index is 0.0562. The summed E-state index contributed by atoms with van der Waals surface area (Å²) < 4.78 is 5.10. The number of anilines is 1. The average Bonchev–Trinajstić information content (AvgIpc) is 3.13. The first-order chi connectivity index (χ1) is 17.9. The Kier molecular flexibility index (Phi) is 7.14. The molecule has 7 nitrogen and oxygen atoms in total. The molecule has 3 aromatic rings. The molecule has 196 valence electrons. The predicted octanol–water partition coefficient (Wildman–Crippen LogP) is 5.80. The zero-order valence-electron chi connectivity index (χ0n) is 22.1. The number of benzene rings is 3. The molecule has 3 aromatic carbocycles. The molecule has 1 aliphatic heterocycles. The first kappa shape index (κ1) is 26.7. The lowest BCUT2D eigenvalue weighted by atomic mass is 9.84. The van der Waals surface area contributed by atoms with E-state index in [2.05, 4.69) is 0 Å². The number of aliphatic hydroxyl groups is 1. The molecule has 7 heteroatoms. The molecule has 38 heavy (non-hydrogen) atoms. The van der Waals surface area contributed by atoms with Crippen LogP contribution in [-0.2, 0) is 19.7 Å². The number of amides is 1. The van der Waals surface area contributed by atoms with Crippen LogP contribution in [0, 0.1) is 6.92 Å². The van der Waals surface area contributed by atoms with Gasteiger partial charge in [-0.2, -0.15) is 0 Å². The maximum Gasteiger partial charge on any atom is 0.338 e. The minimum Gasteiger partial charge on any atom is -0.508 e. The van der Waals surface area contributed by atoms with Gasteiger partial charge in [0.05, 0.1) is 23.8 Å². The number of aryl methyl sites for hydroxylation is 1. The largest absolute Gasteiger partial charge is 0.508 e. The van der Waals surface area contributed by atoms with Crippen molar-refractivity contribution in [1.82, 2.24) is 0 Å². The van der Waals surface area contributed by atoms with Gasteiger partial charge in [-0.05, 0) is 72.4 Å². The molecule has 0 saturated carbocycles. The van der Waals surface area contributed by atoms with E-state index in [9.17, 15) is 24.6 Å². The van der Waals surface area contributed by atoms with Crippen LogP contribution in [0.1, 0.15) is 66.3 Å². The smallest absolute Gasteiger partial charge is 0.338 e. The van der Waals surface area contributed by atoms with Gasteiger partial charge in [0.15, 0.2) is 0 Å². The number of esters is 1. The predicted molar refractivity (Wildman–Crippen MR) is 145 cm³/mol. The minimum atomic E-state index is -1.04. The van der Waals surface area contributed by atoms with Crippen LogP contribution in [0.4, 0.5) is 5.69 Å². The van der Waals surface area contributed by atoms with Gasteiger partial charge in [0.1, 0.15) is 11.5 Å². The second kappa shape index (κ2) is 10.2. The van der Waals surface area contributed by atoms with Crippen molar-refractivity contribution in [3.8, 4) is 5.75 Å². The number of Topliss-reactive ketones (excluding diaryl/α,β-unsaturated/α-hetero) is 1. The van der Waals surface area contributed by atoms with Crippen molar-refractivity contribution < 1.29 is 29.3 Å². The number of rotatable bonds is 5. The third-order valence-electron chi connectivity index (χ3n) is 6.62. The molecule has 0 bridgehead atoms. The van der Waals surface area contributed by atoms with Gasteiger partial charge in [-0.15, -0.1) is 0 Å². The summed E-state index contributed by atoms with van der Waals surface area (Å²) in [6.45, 7) is 9.84. The Morgan fingerprint density at radius 1 is 1.00 bits per heavy atom. The molecule has 1 unspecified atom stereocenters. The Hall–Kier alpha value is -4.39. The van der Waals surface area contributed by atoms with E-state index in [-0.39, 0.29) is 40.4 Å². The monoisotopic (exact) mass is 513 g/mol. The van der Waals surface area contributed by atoms with Gasteiger partial charge in [0.2, 0.25) is 0 Å².